The van der Waals surface area contributed by atoms with Gasteiger partial charge in [0.1, 0.15) is 0 Å². The van der Waals surface area contributed by atoms with Gasteiger partial charge in [-0.05, 0) is 37.6 Å². The molecule has 2 aromatic heterocycles. The van der Waals surface area contributed by atoms with Crippen LogP contribution in [0.3, 0.4) is 0 Å². The van der Waals surface area contributed by atoms with Gasteiger partial charge in [0.2, 0.25) is 0 Å². The van der Waals surface area contributed by atoms with Crippen molar-refractivity contribution in [3.63, 3.8) is 0 Å². The van der Waals surface area contributed by atoms with Gasteiger partial charge in [-0.2, -0.15) is 5.10 Å². The minimum Gasteiger partial charge on any atom is -0.312 e. The summed E-state index contributed by atoms with van der Waals surface area (Å²) in [5.41, 5.74) is 2.73. The zero-order valence-electron chi connectivity index (χ0n) is 15.0. The van der Waals surface area contributed by atoms with Gasteiger partial charge >= 0.3 is 0 Å². The fourth-order valence-electron chi connectivity index (χ4n) is 3.06. The molecule has 0 bridgehead atoms. The lowest BCUT2D eigenvalue weighted by Gasteiger charge is -2.12. The molecule has 1 aromatic carbocycles. The third-order valence-electron chi connectivity index (χ3n) is 4.53. The second kappa shape index (κ2) is 7.53. The van der Waals surface area contributed by atoms with Crippen LogP contribution >= 0.6 is 0 Å². The zero-order chi connectivity index (χ0) is 17.8. The Balaban J connectivity index is 1.68. The highest BCUT2D eigenvalue weighted by molar-refractivity contribution is 5.33. The molecule has 0 aliphatic heterocycles. The van der Waals surface area contributed by atoms with E-state index in [2.05, 4.69) is 17.3 Å². The Morgan fingerprint density at radius 3 is 2.64 bits per heavy atom. The molecule has 25 heavy (non-hydrogen) atoms. The van der Waals surface area contributed by atoms with Crippen LogP contribution in [0.4, 0.5) is 0 Å². The second-order valence-electron chi connectivity index (χ2n) is 6.50. The Morgan fingerprint density at radius 1 is 1.20 bits per heavy atom. The maximum Gasteiger partial charge on any atom is 0.276 e. The molecule has 1 unspecified atom stereocenters. The lowest BCUT2D eigenvalue weighted by Crippen LogP contribution is -2.27. The number of hydrogen-bond acceptors (Lipinski definition) is 3. The molecule has 0 saturated heterocycles. The summed E-state index contributed by atoms with van der Waals surface area (Å²) in [4.78, 5) is 12.8. The number of nitrogens with one attached hydrogen (secondary N) is 1. The van der Waals surface area contributed by atoms with Gasteiger partial charge in [-0.3, -0.25) is 14.2 Å². The first kappa shape index (κ1) is 17.2. The first-order chi connectivity index (χ1) is 12.1. The van der Waals surface area contributed by atoms with E-state index in [9.17, 15) is 4.79 Å². The summed E-state index contributed by atoms with van der Waals surface area (Å²) in [6, 6.07) is 11.7. The van der Waals surface area contributed by atoms with E-state index in [0.717, 1.165) is 30.0 Å². The van der Waals surface area contributed by atoms with Crippen LogP contribution < -0.4 is 10.9 Å². The van der Waals surface area contributed by atoms with Crippen molar-refractivity contribution in [3.8, 4) is 5.69 Å². The molecule has 2 heterocycles. The fourth-order valence-corrected chi connectivity index (χ4v) is 3.06. The van der Waals surface area contributed by atoms with Gasteiger partial charge < -0.3 is 5.32 Å². The van der Waals surface area contributed by atoms with Crippen LogP contribution in [0.25, 0.3) is 5.69 Å². The van der Waals surface area contributed by atoms with Crippen LogP contribution in [0, 0.1) is 12.8 Å². The maximum atomic E-state index is 12.8. The molecule has 132 valence electrons. The molecule has 6 nitrogen and oxygen atoms in total. The van der Waals surface area contributed by atoms with E-state index in [0.29, 0.717) is 12.5 Å². The first-order valence-electron chi connectivity index (χ1n) is 8.59. The van der Waals surface area contributed by atoms with Crippen LogP contribution in [-0.2, 0) is 20.1 Å². The van der Waals surface area contributed by atoms with Gasteiger partial charge in [0, 0.05) is 38.2 Å². The van der Waals surface area contributed by atoms with Gasteiger partial charge in [-0.1, -0.05) is 25.1 Å². The van der Waals surface area contributed by atoms with Crippen molar-refractivity contribution < 1.29 is 0 Å². The minimum atomic E-state index is 0.0402. The third kappa shape index (κ3) is 3.74. The van der Waals surface area contributed by atoms with Crippen LogP contribution in [0.15, 0.2) is 53.6 Å². The normalized spacial score (nSPS) is 12.4. The quantitative estimate of drug-likeness (QED) is 0.717. The highest BCUT2D eigenvalue weighted by Crippen LogP contribution is 2.10. The van der Waals surface area contributed by atoms with Crippen LogP contribution in [0.1, 0.15) is 18.2 Å². The average Bonchev–Trinajstić information content (AvgIpc) is 3.18. The predicted molar refractivity (Wildman–Crippen MR) is 98.8 cm³/mol. The molecule has 1 atom stereocenters. The van der Waals surface area contributed by atoms with Crippen LogP contribution in [0.2, 0.25) is 0 Å². The molecule has 3 aromatic rings. The van der Waals surface area contributed by atoms with E-state index in [1.54, 1.807) is 10.9 Å². The fraction of sp³-hybridized carbons (Fsp3) is 0.368. The van der Waals surface area contributed by atoms with Crippen molar-refractivity contribution >= 4 is 0 Å². The highest BCUT2D eigenvalue weighted by Gasteiger charge is 2.15. The average molecular weight is 339 g/mol. The van der Waals surface area contributed by atoms with E-state index >= 15 is 0 Å². The number of rotatable bonds is 7. The standard InChI is InChI=1S/C19H25N5O/c1-15(14-23-11-7-10-21-23)12-20-13-18-16(2)22(3)24(19(18)25)17-8-5-4-6-9-17/h4-11,15,20H,12-14H2,1-3H3. The minimum absolute atomic E-state index is 0.0402. The predicted octanol–water partition coefficient (Wildman–Crippen LogP) is 2.11. The van der Waals surface area contributed by atoms with Gasteiger partial charge in [-0.15, -0.1) is 0 Å². The Kier molecular flexibility index (Phi) is 5.19. The Hall–Kier alpha value is -2.60. The van der Waals surface area contributed by atoms with Crippen molar-refractivity contribution in [3.05, 3.63) is 70.4 Å². The largest absolute Gasteiger partial charge is 0.312 e. The van der Waals surface area contributed by atoms with E-state index in [4.69, 9.17) is 0 Å². The molecule has 0 amide bonds. The molecule has 0 aliphatic rings. The van der Waals surface area contributed by atoms with E-state index in [-0.39, 0.29) is 5.56 Å². The van der Waals surface area contributed by atoms with Gasteiger partial charge in [0.05, 0.1) is 11.3 Å². The van der Waals surface area contributed by atoms with Crippen molar-refractivity contribution in [1.29, 1.82) is 0 Å². The molecule has 0 spiro atoms. The van der Waals surface area contributed by atoms with Crippen molar-refractivity contribution in [1.82, 2.24) is 24.5 Å². The first-order valence-corrected chi connectivity index (χ1v) is 8.59. The molecular formula is C19H25N5O. The molecule has 0 fully saturated rings. The number of para-hydroxylation sites is 1. The smallest absolute Gasteiger partial charge is 0.276 e. The lowest BCUT2D eigenvalue weighted by molar-refractivity contribution is 0.421. The zero-order valence-corrected chi connectivity index (χ0v) is 15.0. The number of nitrogens with zero attached hydrogens (tertiary/aromatic N) is 4. The summed E-state index contributed by atoms with van der Waals surface area (Å²) < 4.78 is 5.57. The Morgan fingerprint density at radius 2 is 1.96 bits per heavy atom. The van der Waals surface area contributed by atoms with Gasteiger partial charge in [0.25, 0.3) is 5.56 Å². The van der Waals surface area contributed by atoms with E-state index in [1.807, 2.05) is 65.9 Å². The second-order valence-corrected chi connectivity index (χ2v) is 6.50. The van der Waals surface area contributed by atoms with Crippen molar-refractivity contribution in [2.24, 2.45) is 13.0 Å². The maximum absolute atomic E-state index is 12.8. The van der Waals surface area contributed by atoms with Gasteiger partial charge in [-0.25, -0.2) is 4.68 Å². The number of hydrogen-bond donors (Lipinski definition) is 1. The molecule has 1 N–H and O–H groups in total. The Bertz CT molecular complexity index is 861. The summed E-state index contributed by atoms with van der Waals surface area (Å²) >= 11 is 0. The SMILES string of the molecule is Cc1c(CNCC(C)Cn2cccn2)c(=O)n(-c2ccccc2)n1C. The summed E-state index contributed by atoms with van der Waals surface area (Å²) in [6.07, 6.45) is 3.76. The lowest BCUT2D eigenvalue weighted by atomic mass is 10.1. The number of aromatic nitrogens is 4. The van der Waals surface area contributed by atoms with E-state index in [1.165, 1.54) is 0 Å². The molecule has 0 radical (unpaired) electrons. The van der Waals surface area contributed by atoms with Crippen molar-refractivity contribution in [2.45, 2.75) is 26.9 Å². The molecule has 3 rings (SSSR count). The summed E-state index contributed by atoms with van der Waals surface area (Å²) in [6.45, 7) is 6.43. The van der Waals surface area contributed by atoms with Crippen LogP contribution in [-0.4, -0.2) is 25.7 Å². The Labute approximate surface area is 147 Å². The summed E-state index contributed by atoms with van der Waals surface area (Å²) in [7, 11) is 1.92. The molecule has 6 heteroatoms. The topological polar surface area (TPSA) is 56.8 Å². The van der Waals surface area contributed by atoms with Gasteiger partial charge in [0.15, 0.2) is 0 Å². The monoisotopic (exact) mass is 339 g/mol. The van der Waals surface area contributed by atoms with E-state index < -0.39 is 0 Å². The summed E-state index contributed by atoms with van der Waals surface area (Å²) in [5, 5.41) is 7.65. The molecular weight excluding hydrogens is 314 g/mol. The third-order valence-corrected chi connectivity index (χ3v) is 4.53. The highest BCUT2D eigenvalue weighted by atomic mass is 16.1. The van der Waals surface area contributed by atoms with Crippen LogP contribution in [0.5, 0.6) is 0 Å². The summed E-state index contributed by atoms with van der Waals surface area (Å²) in [5.74, 6) is 0.431. The molecule has 0 aliphatic carbocycles. The van der Waals surface area contributed by atoms with Crippen molar-refractivity contribution in [2.75, 3.05) is 6.54 Å². The molecule has 0 saturated carbocycles. The number of benzene rings is 1.